The first kappa shape index (κ1) is 14.3. The largest absolute Gasteiger partial charge is 0.244 e. The quantitative estimate of drug-likeness (QED) is 0.690. The Morgan fingerprint density at radius 2 is 1.76 bits per heavy atom. The maximum absolute atomic E-state index is 2.36. The van der Waals surface area contributed by atoms with Gasteiger partial charge in [-0.3, -0.25) is 0 Å². The lowest BCUT2D eigenvalue weighted by Gasteiger charge is -2.29. The maximum atomic E-state index is 2.36. The average Bonchev–Trinajstić information content (AvgIpc) is 2.59. The number of hydrogen-bond donors (Lipinski definition) is 0. The molecule has 0 aliphatic heterocycles. The molecule has 0 fully saturated rings. The summed E-state index contributed by atoms with van der Waals surface area (Å²) >= 11 is 0. The molecule has 0 saturated heterocycles. The molecule has 1 rings (SSSR count). The fourth-order valence-corrected chi connectivity index (χ4v) is 2.61. The van der Waals surface area contributed by atoms with Crippen molar-refractivity contribution in [2.75, 3.05) is 0 Å². The molecular formula is C15H29N2+. The minimum absolute atomic E-state index is 0.190. The van der Waals surface area contributed by atoms with Gasteiger partial charge in [-0.25, -0.2) is 9.13 Å². The van der Waals surface area contributed by atoms with Crippen molar-refractivity contribution in [3.05, 3.63) is 18.7 Å². The Morgan fingerprint density at radius 3 is 2.29 bits per heavy atom. The van der Waals surface area contributed by atoms with E-state index in [4.69, 9.17) is 0 Å². The van der Waals surface area contributed by atoms with Crippen LogP contribution in [0.5, 0.6) is 0 Å². The van der Waals surface area contributed by atoms with Gasteiger partial charge in [0.25, 0.3) is 0 Å². The molecule has 0 aromatic carbocycles. The molecule has 0 saturated carbocycles. The van der Waals surface area contributed by atoms with Crippen LogP contribution in [-0.2, 0) is 12.1 Å². The van der Waals surface area contributed by atoms with Crippen molar-refractivity contribution in [1.82, 2.24) is 4.57 Å². The summed E-state index contributed by atoms with van der Waals surface area (Å²) in [6, 6.07) is 0. The summed E-state index contributed by atoms with van der Waals surface area (Å²) in [5.74, 6) is 0. The summed E-state index contributed by atoms with van der Waals surface area (Å²) in [5.41, 5.74) is 0.553. The van der Waals surface area contributed by atoms with E-state index in [1.807, 2.05) is 0 Å². The molecule has 0 bridgehead atoms. The van der Waals surface area contributed by atoms with E-state index < -0.39 is 0 Å². The molecule has 1 aromatic rings. The summed E-state index contributed by atoms with van der Waals surface area (Å²) in [6.07, 6.45) is 10.4. The van der Waals surface area contributed by atoms with Crippen LogP contribution < -0.4 is 4.57 Å². The number of imidazole rings is 1. The maximum Gasteiger partial charge on any atom is 0.244 e. The van der Waals surface area contributed by atoms with Crippen molar-refractivity contribution >= 4 is 0 Å². The van der Waals surface area contributed by atoms with Crippen molar-refractivity contribution in [2.24, 2.45) is 5.41 Å². The molecular weight excluding hydrogens is 208 g/mol. The van der Waals surface area contributed by atoms with Crippen LogP contribution in [0, 0.1) is 5.41 Å². The molecule has 0 N–H and O–H groups in total. The van der Waals surface area contributed by atoms with Crippen molar-refractivity contribution in [1.29, 1.82) is 0 Å². The van der Waals surface area contributed by atoms with Crippen molar-refractivity contribution in [3.63, 3.8) is 0 Å². The smallest absolute Gasteiger partial charge is 0.237 e. The van der Waals surface area contributed by atoms with Gasteiger partial charge >= 0.3 is 0 Å². The lowest BCUT2D eigenvalue weighted by atomic mass is 9.82. The second-order valence-electron chi connectivity index (χ2n) is 6.96. The number of hydrogen-bond acceptors (Lipinski definition) is 0. The zero-order chi connectivity index (χ0) is 13.1. The van der Waals surface area contributed by atoms with Gasteiger partial charge in [-0.1, -0.05) is 34.1 Å². The molecule has 2 nitrogen and oxygen atoms in total. The van der Waals surface area contributed by atoms with Gasteiger partial charge in [0.05, 0.1) is 6.54 Å². The Morgan fingerprint density at radius 1 is 1.12 bits per heavy atom. The van der Waals surface area contributed by atoms with Gasteiger partial charge in [0.2, 0.25) is 6.33 Å². The van der Waals surface area contributed by atoms with E-state index in [1.54, 1.807) is 0 Å². The van der Waals surface area contributed by atoms with Gasteiger partial charge < -0.3 is 0 Å². The van der Waals surface area contributed by atoms with E-state index >= 15 is 0 Å². The molecule has 2 heteroatoms. The first-order chi connectivity index (χ1) is 7.74. The van der Waals surface area contributed by atoms with Gasteiger partial charge in [0.1, 0.15) is 17.9 Å². The molecule has 1 heterocycles. The Labute approximate surface area is 107 Å². The Bertz CT molecular complexity index is 342. The predicted molar refractivity (Wildman–Crippen MR) is 72.9 cm³/mol. The number of unbranched alkanes of at least 4 members (excludes halogenated alkanes) is 1. The van der Waals surface area contributed by atoms with Gasteiger partial charge in [-0.2, -0.15) is 0 Å². The van der Waals surface area contributed by atoms with E-state index in [9.17, 15) is 0 Å². The summed E-state index contributed by atoms with van der Waals surface area (Å²) < 4.78 is 4.65. The molecule has 17 heavy (non-hydrogen) atoms. The van der Waals surface area contributed by atoms with Gasteiger partial charge in [0.15, 0.2) is 0 Å². The van der Waals surface area contributed by atoms with E-state index in [0.717, 1.165) is 6.54 Å². The molecule has 0 spiro atoms. The van der Waals surface area contributed by atoms with Gasteiger partial charge in [0, 0.05) is 0 Å². The lowest BCUT2D eigenvalue weighted by Crippen LogP contribution is -2.35. The van der Waals surface area contributed by atoms with Gasteiger partial charge in [-0.05, 0) is 32.1 Å². The molecule has 0 atom stereocenters. The first-order valence-corrected chi connectivity index (χ1v) is 6.82. The third-order valence-electron chi connectivity index (χ3n) is 3.12. The number of aryl methyl sites for hydroxylation is 1. The van der Waals surface area contributed by atoms with Crippen molar-refractivity contribution in [2.45, 2.75) is 72.9 Å². The molecule has 0 aliphatic carbocycles. The Balaban J connectivity index is 2.74. The van der Waals surface area contributed by atoms with Crippen molar-refractivity contribution in [3.8, 4) is 0 Å². The SMILES string of the molecule is CCCC[n+]1ccn(C(C)(C)CC(C)(C)C)c1. The third kappa shape index (κ3) is 4.53. The highest BCUT2D eigenvalue weighted by molar-refractivity contribution is 4.85. The van der Waals surface area contributed by atoms with E-state index in [2.05, 4.69) is 69.4 Å². The van der Waals surface area contributed by atoms with Crippen LogP contribution in [0.4, 0.5) is 0 Å². The van der Waals surface area contributed by atoms with Crippen LogP contribution >= 0.6 is 0 Å². The zero-order valence-electron chi connectivity index (χ0n) is 12.5. The highest BCUT2D eigenvalue weighted by Gasteiger charge is 2.31. The van der Waals surface area contributed by atoms with Crippen LogP contribution in [0.1, 0.15) is 60.8 Å². The highest BCUT2D eigenvalue weighted by Crippen LogP contribution is 2.31. The first-order valence-electron chi connectivity index (χ1n) is 6.82. The second-order valence-corrected chi connectivity index (χ2v) is 6.96. The summed E-state index contributed by atoms with van der Waals surface area (Å²) in [6.45, 7) is 14.9. The fourth-order valence-electron chi connectivity index (χ4n) is 2.61. The van der Waals surface area contributed by atoms with E-state index in [0.29, 0.717) is 5.41 Å². The van der Waals surface area contributed by atoms with E-state index in [-0.39, 0.29) is 5.54 Å². The third-order valence-corrected chi connectivity index (χ3v) is 3.12. The summed E-state index contributed by atoms with van der Waals surface area (Å²) in [5, 5.41) is 0. The monoisotopic (exact) mass is 237 g/mol. The molecule has 0 radical (unpaired) electrons. The number of nitrogens with zero attached hydrogens (tertiary/aromatic N) is 2. The zero-order valence-corrected chi connectivity index (χ0v) is 12.5. The standard InChI is InChI=1S/C15H29N2/c1-7-8-9-16-10-11-17(13-16)15(5,6)12-14(2,3)4/h10-11,13H,7-9,12H2,1-6H3/q+1. The minimum atomic E-state index is 0.190. The normalized spacial score (nSPS) is 13.1. The van der Waals surface area contributed by atoms with Crippen LogP contribution in [0.3, 0.4) is 0 Å². The highest BCUT2D eigenvalue weighted by atomic mass is 15.1. The lowest BCUT2D eigenvalue weighted by molar-refractivity contribution is -0.697. The van der Waals surface area contributed by atoms with E-state index in [1.165, 1.54) is 19.3 Å². The minimum Gasteiger partial charge on any atom is -0.237 e. The Hall–Kier alpha value is -0.790. The molecule has 1 aromatic heterocycles. The van der Waals surface area contributed by atoms with Crippen LogP contribution in [-0.4, -0.2) is 4.57 Å². The topological polar surface area (TPSA) is 8.81 Å². The molecule has 98 valence electrons. The molecule has 0 unspecified atom stereocenters. The summed E-state index contributed by atoms with van der Waals surface area (Å²) in [4.78, 5) is 0. The van der Waals surface area contributed by atoms with Gasteiger partial charge in [-0.15, -0.1) is 0 Å². The number of aromatic nitrogens is 2. The molecule has 0 amide bonds. The fraction of sp³-hybridized carbons (Fsp3) is 0.800. The second kappa shape index (κ2) is 5.24. The van der Waals surface area contributed by atoms with Crippen molar-refractivity contribution < 1.29 is 4.57 Å². The summed E-state index contributed by atoms with van der Waals surface area (Å²) in [7, 11) is 0. The van der Waals surface area contributed by atoms with Crippen LogP contribution in [0.25, 0.3) is 0 Å². The number of rotatable bonds is 5. The van der Waals surface area contributed by atoms with Crippen LogP contribution in [0.15, 0.2) is 18.7 Å². The molecule has 0 aliphatic rings. The predicted octanol–water partition coefficient (Wildman–Crippen LogP) is 3.75. The Kier molecular flexibility index (Phi) is 4.40. The average molecular weight is 237 g/mol. The van der Waals surface area contributed by atoms with Crippen LogP contribution in [0.2, 0.25) is 0 Å².